The van der Waals surface area contributed by atoms with E-state index in [0.717, 1.165) is 24.4 Å². The number of nitrogens with two attached hydrogens (primary N) is 1. The monoisotopic (exact) mass is 267 g/mol. The third-order valence-corrected chi connectivity index (χ3v) is 3.08. The molecule has 0 amide bonds. The number of nitriles is 1. The predicted octanol–water partition coefficient (Wildman–Crippen LogP) is 2.80. The van der Waals surface area contributed by atoms with Gasteiger partial charge in [0.15, 0.2) is 0 Å². The lowest BCUT2D eigenvalue weighted by Crippen LogP contribution is -2.05. The molecule has 0 fully saturated rings. The summed E-state index contributed by atoms with van der Waals surface area (Å²) >= 11 is 0. The second kappa shape index (κ2) is 6.48. The Labute approximate surface area is 118 Å². The van der Waals surface area contributed by atoms with E-state index in [1.54, 1.807) is 19.2 Å². The number of nitrogens with one attached hydrogen (secondary N) is 1. The van der Waals surface area contributed by atoms with E-state index in [-0.39, 0.29) is 0 Å². The molecule has 2 rings (SSSR count). The molecule has 0 radical (unpaired) electrons. The zero-order chi connectivity index (χ0) is 14.4. The zero-order valence-corrected chi connectivity index (χ0v) is 11.4. The van der Waals surface area contributed by atoms with Gasteiger partial charge in [-0.05, 0) is 42.3 Å². The van der Waals surface area contributed by atoms with E-state index in [1.165, 1.54) is 5.56 Å². The van der Waals surface area contributed by atoms with Crippen LogP contribution in [0.1, 0.15) is 11.1 Å². The molecule has 0 unspecified atom stereocenters. The van der Waals surface area contributed by atoms with Crippen molar-refractivity contribution in [3.05, 3.63) is 53.6 Å². The van der Waals surface area contributed by atoms with Crippen LogP contribution in [0, 0.1) is 11.3 Å². The van der Waals surface area contributed by atoms with Crippen LogP contribution in [0.5, 0.6) is 5.75 Å². The minimum Gasteiger partial charge on any atom is -0.497 e. The van der Waals surface area contributed by atoms with Crippen LogP contribution in [0.4, 0.5) is 11.4 Å². The second-order valence-corrected chi connectivity index (χ2v) is 4.44. The van der Waals surface area contributed by atoms with Gasteiger partial charge in [0.05, 0.1) is 12.7 Å². The molecule has 0 aromatic heterocycles. The molecule has 4 nitrogen and oxygen atoms in total. The van der Waals surface area contributed by atoms with Crippen molar-refractivity contribution in [3.8, 4) is 11.8 Å². The molecule has 2 aromatic carbocycles. The Morgan fingerprint density at radius 3 is 2.60 bits per heavy atom. The fraction of sp³-hybridized carbons (Fsp3) is 0.188. The van der Waals surface area contributed by atoms with Gasteiger partial charge in [-0.25, -0.2) is 0 Å². The zero-order valence-electron chi connectivity index (χ0n) is 11.4. The van der Waals surface area contributed by atoms with Crippen LogP contribution in [-0.2, 0) is 6.42 Å². The third kappa shape index (κ3) is 3.42. The summed E-state index contributed by atoms with van der Waals surface area (Å²) in [6.07, 6.45) is 0.899. The maximum absolute atomic E-state index is 8.93. The summed E-state index contributed by atoms with van der Waals surface area (Å²) in [6.45, 7) is 0.793. The van der Waals surface area contributed by atoms with E-state index in [9.17, 15) is 0 Å². The Balaban J connectivity index is 1.91. The van der Waals surface area contributed by atoms with E-state index < -0.39 is 0 Å². The first-order valence-corrected chi connectivity index (χ1v) is 6.39. The van der Waals surface area contributed by atoms with Gasteiger partial charge in [-0.2, -0.15) is 5.26 Å². The van der Waals surface area contributed by atoms with Gasteiger partial charge in [0.25, 0.3) is 0 Å². The third-order valence-electron chi connectivity index (χ3n) is 3.08. The van der Waals surface area contributed by atoms with Crippen LogP contribution < -0.4 is 15.8 Å². The van der Waals surface area contributed by atoms with Crippen LogP contribution in [0.15, 0.2) is 42.5 Å². The Morgan fingerprint density at radius 1 is 1.20 bits per heavy atom. The fourth-order valence-electron chi connectivity index (χ4n) is 1.91. The van der Waals surface area contributed by atoms with Crippen molar-refractivity contribution in [2.45, 2.75) is 6.42 Å². The molecular formula is C16H17N3O. The number of rotatable bonds is 5. The summed E-state index contributed by atoms with van der Waals surface area (Å²) in [6, 6.07) is 15.5. The first kappa shape index (κ1) is 13.8. The molecule has 0 bridgehead atoms. The average Bonchev–Trinajstić information content (AvgIpc) is 2.49. The molecule has 102 valence electrons. The highest BCUT2D eigenvalue weighted by atomic mass is 16.5. The predicted molar refractivity (Wildman–Crippen MR) is 80.8 cm³/mol. The van der Waals surface area contributed by atoms with Crippen molar-refractivity contribution in [2.75, 3.05) is 24.7 Å². The number of nitrogens with zero attached hydrogens (tertiary/aromatic N) is 1. The summed E-state index contributed by atoms with van der Waals surface area (Å²) in [5.41, 5.74) is 8.83. The molecule has 0 saturated heterocycles. The second-order valence-electron chi connectivity index (χ2n) is 4.44. The van der Waals surface area contributed by atoms with Gasteiger partial charge in [-0.3, -0.25) is 0 Å². The summed E-state index contributed by atoms with van der Waals surface area (Å²) < 4.78 is 5.12. The van der Waals surface area contributed by atoms with Gasteiger partial charge < -0.3 is 15.8 Å². The number of methoxy groups -OCH3 is 1. The van der Waals surface area contributed by atoms with Gasteiger partial charge in [-0.15, -0.1) is 0 Å². The average molecular weight is 267 g/mol. The Bertz CT molecular complexity index is 615. The van der Waals surface area contributed by atoms with Crippen molar-refractivity contribution in [2.24, 2.45) is 0 Å². The van der Waals surface area contributed by atoms with Crippen molar-refractivity contribution in [3.63, 3.8) is 0 Å². The highest BCUT2D eigenvalue weighted by molar-refractivity contribution is 5.61. The number of anilines is 2. The minimum absolute atomic E-state index is 0.499. The molecule has 0 aliphatic carbocycles. The molecule has 0 aliphatic rings. The summed E-state index contributed by atoms with van der Waals surface area (Å²) in [5.74, 6) is 0.860. The standard InChI is InChI=1S/C16H17N3O/c1-20-15-5-2-12(3-6-15)8-9-19-14-4-7-16(18)13(10-14)11-17/h2-7,10,19H,8-9,18H2,1H3. The highest BCUT2D eigenvalue weighted by Crippen LogP contribution is 2.17. The lowest BCUT2D eigenvalue weighted by atomic mass is 10.1. The van der Waals surface area contributed by atoms with Crippen LogP contribution in [-0.4, -0.2) is 13.7 Å². The number of hydrogen-bond donors (Lipinski definition) is 2. The molecule has 4 heteroatoms. The van der Waals surface area contributed by atoms with Crippen LogP contribution in [0.2, 0.25) is 0 Å². The van der Waals surface area contributed by atoms with E-state index >= 15 is 0 Å². The maximum atomic E-state index is 8.93. The largest absolute Gasteiger partial charge is 0.497 e. The van der Waals surface area contributed by atoms with E-state index in [1.807, 2.05) is 30.3 Å². The molecule has 0 saturated carbocycles. The summed E-state index contributed by atoms with van der Waals surface area (Å²) in [4.78, 5) is 0. The van der Waals surface area contributed by atoms with Gasteiger partial charge in [0, 0.05) is 17.9 Å². The van der Waals surface area contributed by atoms with Crippen molar-refractivity contribution in [1.29, 1.82) is 5.26 Å². The van der Waals surface area contributed by atoms with Gasteiger partial charge in [0.2, 0.25) is 0 Å². The molecule has 0 aliphatic heterocycles. The number of nitrogen functional groups attached to an aromatic ring is 1. The summed E-state index contributed by atoms with van der Waals surface area (Å²) in [5, 5.41) is 12.2. The Morgan fingerprint density at radius 2 is 1.95 bits per heavy atom. The maximum Gasteiger partial charge on any atom is 0.118 e. The molecule has 3 N–H and O–H groups in total. The van der Waals surface area contributed by atoms with E-state index in [0.29, 0.717) is 11.3 Å². The van der Waals surface area contributed by atoms with E-state index in [4.69, 9.17) is 15.7 Å². The minimum atomic E-state index is 0.499. The molecule has 0 heterocycles. The molecule has 0 spiro atoms. The number of benzene rings is 2. The van der Waals surface area contributed by atoms with Gasteiger partial charge >= 0.3 is 0 Å². The van der Waals surface area contributed by atoms with Crippen molar-refractivity contribution in [1.82, 2.24) is 0 Å². The van der Waals surface area contributed by atoms with Gasteiger partial charge in [0.1, 0.15) is 11.8 Å². The van der Waals surface area contributed by atoms with Crippen molar-refractivity contribution >= 4 is 11.4 Å². The van der Waals surface area contributed by atoms with Crippen LogP contribution >= 0.6 is 0 Å². The first-order chi connectivity index (χ1) is 9.72. The molecular weight excluding hydrogens is 250 g/mol. The quantitative estimate of drug-likeness (QED) is 0.817. The highest BCUT2D eigenvalue weighted by Gasteiger charge is 2.00. The van der Waals surface area contributed by atoms with Crippen molar-refractivity contribution < 1.29 is 4.74 Å². The smallest absolute Gasteiger partial charge is 0.118 e. The lowest BCUT2D eigenvalue weighted by Gasteiger charge is -2.08. The lowest BCUT2D eigenvalue weighted by molar-refractivity contribution is 0.414. The molecule has 0 atom stereocenters. The Hall–Kier alpha value is -2.67. The van der Waals surface area contributed by atoms with Crippen LogP contribution in [0.3, 0.4) is 0 Å². The van der Waals surface area contributed by atoms with E-state index in [2.05, 4.69) is 11.4 Å². The summed E-state index contributed by atoms with van der Waals surface area (Å²) in [7, 11) is 1.66. The fourth-order valence-corrected chi connectivity index (χ4v) is 1.91. The SMILES string of the molecule is COc1ccc(CCNc2ccc(N)c(C#N)c2)cc1. The first-order valence-electron chi connectivity index (χ1n) is 6.39. The molecule has 2 aromatic rings. The Kier molecular flexibility index (Phi) is 4.46. The number of ether oxygens (including phenoxy) is 1. The van der Waals surface area contributed by atoms with Crippen LogP contribution in [0.25, 0.3) is 0 Å². The van der Waals surface area contributed by atoms with Gasteiger partial charge in [-0.1, -0.05) is 12.1 Å². The topological polar surface area (TPSA) is 71.1 Å². The number of hydrogen-bond acceptors (Lipinski definition) is 4. The molecule has 20 heavy (non-hydrogen) atoms. The normalized spacial score (nSPS) is 9.80.